The minimum Gasteiger partial charge on any atom is -0.223 e. The van der Waals surface area contributed by atoms with Crippen molar-refractivity contribution in [3.05, 3.63) is 46.6 Å². The van der Waals surface area contributed by atoms with Crippen LogP contribution in [0.15, 0.2) is 24.4 Å². The van der Waals surface area contributed by atoms with Gasteiger partial charge in [0.1, 0.15) is 5.69 Å². The summed E-state index contributed by atoms with van der Waals surface area (Å²) in [6.45, 7) is 1.44. The number of rotatable bonds is 1. The van der Waals surface area contributed by atoms with Crippen LogP contribution in [0.3, 0.4) is 0 Å². The lowest BCUT2D eigenvalue weighted by molar-refractivity contribution is -0.137. The van der Waals surface area contributed by atoms with Gasteiger partial charge in [-0.15, -0.1) is 0 Å². The Morgan fingerprint density at radius 2 is 1.89 bits per heavy atom. The van der Waals surface area contributed by atoms with Crippen molar-refractivity contribution >= 4 is 11.6 Å². The lowest BCUT2D eigenvalue weighted by Gasteiger charge is -2.11. The lowest BCUT2D eigenvalue weighted by Crippen LogP contribution is -2.05. The Morgan fingerprint density at radius 3 is 2.47 bits per heavy atom. The molecule has 1 heterocycles. The second-order valence-electron chi connectivity index (χ2n) is 3.86. The number of benzene rings is 1. The average Bonchev–Trinajstić information content (AvgIpc) is 2.31. The number of alkyl halides is 3. The van der Waals surface area contributed by atoms with E-state index >= 15 is 0 Å². The third-order valence-corrected chi connectivity index (χ3v) is 2.71. The second kappa shape index (κ2) is 4.77. The molecular formula is C12H7ClF4N2. The molecule has 2 aromatic rings. The number of hydrogen-bond donors (Lipinski definition) is 0. The van der Waals surface area contributed by atoms with Gasteiger partial charge in [0.15, 0.2) is 5.82 Å². The van der Waals surface area contributed by atoms with Gasteiger partial charge < -0.3 is 0 Å². The van der Waals surface area contributed by atoms with Crippen molar-refractivity contribution in [2.45, 2.75) is 13.1 Å². The molecule has 1 aromatic heterocycles. The highest BCUT2D eigenvalue weighted by atomic mass is 35.5. The molecule has 2 rings (SSSR count). The summed E-state index contributed by atoms with van der Waals surface area (Å²) < 4.78 is 51.1. The molecule has 0 aliphatic carbocycles. The van der Waals surface area contributed by atoms with E-state index in [1.807, 2.05) is 0 Å². The van der Waals surface area contributed by atoms with E-state index in [0.717, 1.165) is 18.3 Å². The molecule has 0 aliphatic rings. The van der Waals surface area contributed by atoms with Crippen molar-refractivity contribution in [1.29, 1.82) is 0 Å². The van der Waals surface area contributed by atoms with E-state index in [-0.39, 0.29) is 22.1 Å². The van der Waals surface area contributed by atoms with Crippen molar-refractivity contribution in [2.24, 2.45) is 0 Å². The summed E-state index contributed by atoms with van der Waals surface area (Å²) in [5, 5.41) is -0.171. The summed E-state index contributed by atoms with van der Waals surface area (Å²) in [6.07, 6.45) is -3.56. The fourth-order valence-electron chi connectivity index (χ4n) is 1.64. The second-order valence-corrected chi connectivity index (χ2v) is 4.20. The summed E-state index contributed by atoms with van der Waals surface area (Å²) in [6, 6.07) is 2.97. The Labute approximate surface area is 111 Å². The molecule has 0 fully saturated rings. The zero-order valence-corrected chi connectivity index (χ0v) is 10.3. The van der Waals surface area contributed by atoms with E-state index in [1.165, 1.54) is 13.0 Å². The number of aryl methyl sites for hydroxylation is 1. The molecule has 7 heteroatoms. The van der Waals surface area contributed by atoms with Crippen molar-refractivity contribution in [1.82, 2.24) is 9.97 Å². The van der Waals surface area contributed by atoms with E-state index in [2.05, 4.69) is 9.97 Å². The highest BCUT2D eigenvalue weighted by molar-refractivity contribution is 6.28. The van der Waals surface area contributed by atoms with Gasteiger partial charge in [0.25, 0.3) is 0 Å². The van der Waals surface area contributed by atoms with Gasteiger partial charge in [0, 0.05) is 5.56 Å². The molecule has 0 saturated carbocycles. The van der Waals surface area contributed by atoms with Gasteiger partial charge in [-0.2, -0.15) is 13.2 Å². The first-order valence-corrected chi connectivity index (χ1v) is 5.53. The summed E-state index contributed by atoms with van der Waals surface area (Å²) in [5.41, 5.74) is -0.418. The van der Waals surface area contributed by atoms with Crippen LogP contribution in [0.5, 0.6) is 0 Å². The Hall–Kier alpha value is -1.69. The van der Waals surface area contributed by atoms with Crippen LogP contribution in [0.2, 0.25) is 5.28 Å². The Morgan fingerprint density at radius 1 is 1.21 bits per heavy atom. The van der Waals surface area contributed by atoms with Crippen molar-refractivity contribution in [3.8, 4) is 11.3 Å². The molecule has 19 heavy (non-hydrogen) atoms. The Bertz CT molecular complexity index is 626. The van der Waals surface area contributed by atoms with Gasteiger partial charge in [0.2, 0.25) is 5.28 Å². The summed E-state index contributed by atoms with van der Waals surface area (Å²) >= 11 is 5.55. The van der Waals surface area contributed by atoms with Gasteiger partial charge in [0.05, 0.1) is 11.8 Å². The standard InChI is InChI=1S/C12H7ClF4N2/c1-6-4-7(12(15,16)17)2-3-8(6)10-9(14)5-18-11(13)19-10/h2-5H,1H3. The summed E-state index contributed by atoms with van der Waals surface area (Å²) in [4.78, 5) is 7.14. The molecule has 0 N–H and O–H groups in total. The van der Waals surface area contributed by atoms with Crippen LogP contribution < -0.4 is 0 Å². The first-order valence-electron chi connectivity index (χ1n) is 5.15. The Kier molecular flexibility index (Phi) is 3.45. The molecular weight excluding hydrogens is 284 g/mol. The molecule has 0 radical (unpaired) electrons. The van der Waals surface area contributed by atoms with Crippen LogP contribution in [-0.2, 0) is 6.18 Å². The highest BCUT2D eigenvalue weighted by Gasteiger charge is 2.30. The summed E-state index contributed by atoms with van der Waals surface area (Å²) in [5.74, 6) is -0.743. The molecule has 1 aromatic carbocycles. The molecule has 100 valence electrons. The monoisotopic (exact) mass is 290 g/mol. The first kappa shape index (κ1) is 13.7. The third-order valence-electron chi connectivity index (χ3n) is 2.52. The zero-order valence-electron chi connectivity index (χ0n) is 9.59. The molecule has 0 spiro atoms. The molecule has 2 nitrogen and oxygen atoms in total. The SMILES string of the molecule is Cc1cc(C(F)(F)F)ccc1-c1nc(Cl)ncc1F. The van der Waals surface area contributed by atoms with Crippen molar-refractivity contribution in [2.75, 3.05) is 0 Å². The first-order chi connectivity index (χ1) is 8.79. The predicted molar refractivity (Wildman–Crippen MR) is 62.2 cm³/mol. The lowest BCUT2D eigenvalue weighted by atomic mass is 10.0. The van der Waals surface area contributed by atoms with Crippen LogP contribution in [0, 0.1) is 12.7 Å². The quantitative estimate of drug-likeness (QED) is 0.579. The number of hydrogen-bond acceptors (Lipinski definition) is 2. The van der Waals surface area contributed by atoms with Crippen LogP contribution in [0.25, 0.3) is 11.3 Å². The molecule has 0 unspecified atom stereocenters. The van der Waals surface area contributed by atoms with Crippen LogP contribution in [0.4, 0.5) is 17.6 Å². The van der Waals surface area contributed by atoms with Crippen LogP contribution in [0.1, 0.15) is 11.1 Å². The maximum Gasteiger partial charge on any atom is 0.416 e. The zero-order chi connectivity index (χ0) is 14.2. The van der Waals surface area contributed by atoms with Gasteiger partial charge in [-0.25, -0.2) is 14.4 Å². The van der Waals surface area contributed by atoms with Crippen molar-refractivity contribution < 1.29 is 17.6 Å². The highest BCUT2D eigenvalue weighted by Crippen LogP contribution is 2.33. The largest absolute Gasteiger partial charge is 0.416 e. The van der Waals surface area contributed by atoms with E-state index < -0.39 is 17.6 Å². The van der Waals surface area contributed by atoms with Gasteiger partial charge in [-0.1, -0.05) is 6.07 Å². The van der Waals surface area contributed by atoms with Gasteiger partial charge >= 0.3 is 6.18 Å². The number of nitrogens with zero attached hydrogens (tertiary/aromatic N) is 2. The van der Waals surface area contributed by atoms with Crippen molar-refractivity contribution in [3.63, 3.8) is 0 Å². The normalized spacial score (nSPS) is 11.7. The summed E-state index contributed by atoms with van der Waals surface area (Å²) in [7, 11) is 0. The maximum absolute atomic E-state index is 13.6. The molecule has 0 aliphatic heterocycles. The fraction of sp³-hybridized carbons (Fsp3) is 0.167. The van der Waals surface area contributed by atoms with E-state index in [1.54, 1.807) is 0 Å². The topological polar surface area (TPSA) is 25.8 Å². The van der Waals surface area contributed by atoms with Crippen LogP contribution >= 0.6 is 11.6 Å². The number of aromatic nitrogens is 2. The van der Waals surface area contributed by atoms with Gasteiger partial charge in [-0.05, 0) is 36.2 Å². The van der Waals surface area contributed by atoms with E-state index in [9.17, 15) is 17.6 Å². The predicted octanol–water partition coefficient (Wildman–Crippen LogP) is 4.26. The fourth-order valence-corrected chi connectivity index (χ4v) is 1.77. The molecule has 0 saturated heterocycles. The third kappa shape index (κ3) is 2.84. The Balaban J connectivity index is 2.55. The van der Waals surface area contributed by atoms with Gasteiger partial charge in [-0.3, -0.25) is 0 Å². The minimum atomic E-state index is -4.44. The molecule has 0 atom stereocenters. The minimum absolute atomic E-state index is 0.119. The average molecular weight is 291 g/mol. The van der Waals surface area contributed by atoms with E-state index in [0.29, 0.717) is 0 Å². The molecule has 0 amide bonds. The smallest absolute Gasteiger partial charge is 0.223 e. The number of halogens is 5. The van der Waals surface area contributed by atoms with E-state index in [4.69, 9.17) is 11.6 Å². The maximum atomic E-state index is 13.6. The van der Waals surface area contributed by atoms with Crippen LogP contribution in [-0.4, -0.2) is 9.97 Å². The molecule has 0 bridgehead atoms.